The highest BCUT2D eigenvalue weighted by Gasteiger charge is 2.25. The first-order chi connectivity index (χ1) is 14.4. The molecule has 0 unspecified atom stereocenters. The van der Waals surface area contributed by atoms with Crippen LogP contribution in [-0.4, -0.2) is 41.0 Å². The van der Waals surface area contributed by atoms with Gasteiger partial charge in [0.05, 0.1) is 11.6 Å². The highest BCUT2D eigenvalue weighted by Crippen LogP contribution is 2.32. The van der Waals surface area contributed by atoms with Gasteiger partial charge < -0.3 is 10.1 Å². The standard InChI is InChI=1S/C19H16Cl2F2N6O/c20-17-11(1-2-16(27-17)30-10-15(22)23)8-29-6-3-12-14(9-29)13(7-25)18(21)28-19(12)26-5-4-24/h1-2,15H,3,5-6,8-10H2,(H,26,28). The first-order valence-electron chi connectivity index (χ1n) is 8.93. The molecule has 0 bridgehead atoms. The van der Waals surface area contributed by atoms with Crippen LogP contribution in [0, 0.1) is 22.7 Å². The molecule has 0 aromatic carbocycles. The third kappa shape index (κ3) is 5.06. The third-order valence-corrected chi connectivity index (χ3v) is 5.13. The van der Waals surface area contributed by atoms with Crippen LogP contribution in [0.5, 0.6) is 5.88 Å². The van der Waals surface area contributed by atoms with E-state index in [0.717, 1.165) is 11.1 Å². The molecule has 1 aliphatic heterocycles. The van der Waals surface area contributed by atoms with E-state index in [-0.39, 0.29) is 22.7 Å². The molecule has 0 atom stereocenters. The molecule has 0 amide bonds. The third-order valence-electron chi connectivity index (χ3n) is 4.53. The van der Waals surface area contributed by atoms with Crippen molar-refractivity contribution < 1.29 is 13.5 Å². The topological polar surface area (TPSA) is 97.9 Å². The van der Waals surface area contributed by atoms with Crippen molar-refractivity contribution in [2.24, 2.45) is 0 Å². The van der Waals surface area contributed by atoms with Gasteiger partial charge in [0.25, 0.3) is 6.43 Å². The zero-order valence-corrected chi connectivity index (χ0v) is 17.1. The van der Waals surface area contributed by atoms with E-state index in [0.29, 0.717) is 43.0 Å². The largest absolute Gasteiger partial charge is 0.472 e. The van der Waals surface area contributed by atoms with Gasteiger partial charge >= 0.3 is 0 Å². The molecule has 0 fully saturated rings. The molecule has 3 rings (SSSR count). The fraction of sp³-hybridized carbons (Fsp3) is 0.368. The van der Waals surface area contributed by atoms with Crippen molar-refractivity contribution in [3.63, 3.8) is 0 Å². The summed E-state index contributed by atoms with van der Waals surface area (Å²) in [5.74, 6) is 0.543. The van der Waals surface area contributed by atoms with Gasteiger partial charge in [-0.05, 0) is 18.1 Å². The maximum Gasteiger partial charge on any atom is 0.272 e. The van der Waals surface area contributed by atoms with Gasteiger partial charge in [-0.25, -0.2) is 18.7 Å². The van der Waals surface area contributed by atoms with Crippen molar-refractivity contribution >= 4 is 29.0 Å². The van der Waals surface area contributed by atoms with E-state index in [9.17, 15) is 14.0 Å². The van der Waals surface area contributed by atoms with Gasteiger partial charge in [-0.15, -0.1) is 0 Å². The lowest BCUT2D eigenvalue weighted by Crippen LogP contribution is -2.32. The smallest absolute Gasteiger partial charge is 0.272 e. The van der Waals surface area contributed by atoms with Crippen molar-refractivity contribution in [1.82, 2.24) is 14.9 Å². The lowest BCUT2D eigenvalue weighted by molar-refractivity contribution is 0.0795. The predicted octanol–water partition coefficient (Wildman–Crippen LogP) is 3.79. The maximum absolute atomic E-state index is 12.3. The highest BCUT2D eigenvalue weighted by molar-refractivity contribution is 6.31. The van der Waals surface area contributed by atoms with E-state index >= 15 is 0 Å². The van der Waals surface area contributed by atoms with Crippen LogP contribution in [0.3, 0.4) is 0 Å². The van der Waals surface area contributed by atoms with Crippen molar-refractivity contribution in [3.05, 3.63) is 44.7 Å². The molecule has 1 N–H and O–H groups in total. The van der Waals surface area contributed by atoms with Crippen LogP contribution < -0.4 is 10.1 Å². The van der Waals surface area contributed by atoms with E-state index in [2.05, 4.69) is 26.3 Å². The molecule has 0 saturated heterocycles. The van der Waals surface area contributed by atoms with Crippen LogP contribution in [-0.2, 0) is 19.5 Å². The van der Waals surface area contributed by atoms with Crippen LogP contribution in [0.25, 0.3) is 0 Å². The average Bonchev–Trinajstić information content (AvgIpc) is 2.72. The summed E-state index contributed by atoms with van der Waals surface area (Å²) in [5, 5.41) is 21.5. The van der Waals surface area contributed by atoms with Crippen LogP contribution >= 0.6 is 23.2 Å². The molecule has 3 heterocycles. The second-order valence-corrected chi connectivity index (χ2v) is 7.18. The molecule has 0 spiro atoms. The zero-order valence-electron chi connectivity index (χ0n) is 15.6. The van der Waals surface area contributed by atoms with Crippen molar-refractivity contribution in [3.8, 4) is 18.0 Å². The number of hydrogen-bond donors (Lipinski definition) is 1. The monoisotopic (exact) mass is 452 g/mol. The van der Waals surface area contributed by atoms with Gasteiger partial charge in [0.1, 0.15) is 28.7 Å². The van der Waals surface area contributed by atoms with Crippen LogP contribution in [0.15, 0.2) is 12.1 Å². The minimum absolute atomic E-state index is 0.0332. The molecular weight excluding hydrogens is 437 g/mol. The van der Waals surface area contributed by atoms with E-state index in [1.165, 1.54) is 6.07 Å². The molecule has 0 saturated carbocycles. The Labute approximate surface area is 181 Å². The van der Waals surface area contributed by atoms with Crippen molar-refractivity contribution in [2.45, 2.75) is 25.9 Å². The highest BCUT2D eigenvalue weighted by atomic mass is 35.5. The lowest BCUT2D eigenvalue weighted by atomic mass is 9.96. The quantitative estimate of drug-likeness (QED) is 0.503. The number of fused-ring (bicyclic) bond motifs is 1. The van der Waals surface area contributed by atoms with Gasteiger partial charge in [0.15, 0.2) is 6.61 Å². The Balaban J connectivity index is 1.79. The average molecular weight is 453 g/mol. The first kappa shape index (κ1) is 22.0. The Morgan fingerprint density at radius 2 is 2.00 bits per heavy atom. The summed E-state index contributed by atoms with van der Waals surface area (Å²) in [4.78, 5) is 10.3. The Hall–Kier alpha value is -2.72. The van der Waals surface area contributed by atoms with Crippen LogP contribution in [0.2, 0.25) is 10.3 Å². The summed E-state index contributed by atoms with van der Waals surface area (Å²) in [6.45, 7) is 0.850. The van der Waals surface area contributed by atoms with Gasteiger partial charge in [-0.3, -0.25) is 4.90 Å². The number of nitriles is 2. The van der Waals surface area contributed by atoms with E-state index in [1.54, 1.807) is 6.07 Å². The number of nitrogens with zero attached hydrogens (tertiary/aromatic N) is 5. The van der Waals surface area contributed by atoms with E-state index in [1.807, 2.05) is 6.07 Å². The normalized spacial score (nSPS) is 13.4. The van der Waals surface area contributed by atoms with Crippen LogP contribution in [0.1, 0.15) is 22.3 Å². The number of anilines is 1. The fourth-order valence-electron chi connectivity index (χ4n) is 3.21. The van der Waals surface area contributed by atoms with E-state index in [4.69, 9.17) is 33.2 Å². The predicted molar refractivity (Wildman–Crippen MR) is 107 cm³/mol. The Bertz CT molecular complexity index is 1020. The number of halogens is 4. The molecule has 7 nitrogen and oxygen atoms in total. The molecule has 0 radical (unpaired) electrons. The number of ether oxygens (including phenoxy) is 1. The molecule has 156 valence electrons. The minimum Gasteiger partial charge on any atom is -0.472 e. The summed E-state index contributed by atoms with van der Waals surface area (Å²) in [6, 6.07) is 7.27. The summed E-state index contributed by atoms with van der Waals surface area (Å²) < 4.78 is 29.4. The molecule has 1 aliphatic rings. The van der Waals surface area contributed by atoms with E-state index < -0.39 is 13.0 Å². The van der Waals surface area contributed by atoms with Gasteiger partial charge in [-0.2, -0.15) is 10.5 Å². The Morgan fingerprint density at radius 1 is 1.20 bits per heavy atom. The summed E-state index contributed by atoms with van der Waals surface area (Å²) >= 11 is 12.4. The SMILES string of the molecule is N#CCNc1nc(Cl)c(C#N)c2c1CCN(Cc1ccc(OCC(F)F)nc1Cl)C2. The van der Waals surface area contributed by atoms with Gasteiger partial charge in [0, 0.05) is 36.8 Å². The minimum atomic E-state index is -2.60. The summed E-state index contributed by atoms with van der Waals surface area (Å²) in [5.41, 5.74) is 2.62. The Morgan fingerprint density at radius 3 is 2.67 bits per heavy atom. The second kappa shape index (κ2) is 9.86. The van der Waals surface area contributed by atoms with Crippen LogP contribution in [0.4, 0.5) is 14.6 Å². The number of alkyl halides is 2. The summed E-state index contributed by atoms with van der Waals surface area (Å²) in [7, 11) is 0. The van der Waals surface area contributed by atoms with Gasteiger partial charge in [0.2, 0.25) is 5.88 Å². The molecule has 11 heteroatoms. The molecule has 30 heavy (non-hydrogen) atoms. The first-order valence-corrected chi connectivity index (χ1v) is 9.69. The van der Waals surface area contributed by atoms with Crippen molar-refractivity contribution in [2.75, 3.05) is 25.0 Å². The number of nitrogens with one attached hydrogen (secondary N) is 1. The van der Waals surface area contributed by atoms with Crippen molar-refractivity contribution in [1.29, 1.82) is 10.5 Å². The molecular formula is C19H16Cl2F2N6O. The molecule has 2 aromatic heterocycles. The lowest BCUT2D eigenvalue weighted by Gasteiger charge is -2.30. The second-order valence-electron chi connectivity index (χ2n) is 6.47. The number of hydrogen-bond acceptors (Lipinski definition) is 7. The molecule has 2 aromatic rings. The molecule has 0 aliphatic carbocycles. The number of pyridine rings is 2. The Kier molecular flexibility index (Phi) is 7.22. The van der Waals surface area contributed by atoms with Gasteiger partial charge in [-0.1, -0.05) is 23.2 Å². The summed E-state index contributed by atoms with van der Waals surface area (Å²) in [6.07, 6.45) is -2.00. The zero-order chi connectivity index (χ0) is 21.7. The maximum atomic E-state index is 12.3. The fourth-order valence-corrected chi connectivity index (χ4v) is 3.66. The number of aromatic nitrogens is 2. The number of rotatable bonds is 7.